The Morgan fingerprint density at radius 2 is 1.96 bits per heavy atom. The lowest BCUT2D eigenvalue weighted by Gasteiger charge is -2.16. The topological polar surface area (TPSA) is 60.3 Å². The Bertz CT molecular complexity index is 810. The van der Waals surface area contributed by atoms with Crippen molar-refractivity contribution in [2.75, 3.05) is 19.8 Å². The summed E-state index contributed by atoms with van der Waals surface area (Å²) < 4.78 is 6.83. The molecule has 3 rings (SSSR count). The van der Waals surface area contributed by atoms with Crippen molar-refractivity contribution in [2.24, 2.45) is 5.41 Å². The van der Waals surface area contributed by atoms with Crippen molar-refractivity contribution in [2.45, 2.75) is 39.2 Å². The average molecular weight is 368 g/mol. The largest absolute Gasteiger partial charge is 0.380 e. The Hall–Kier alpha value is -2.40. The molecule has 1 aliphatic rings. The van der Waals surface area contributed by atoms with Crippen molar-refractivity contribution < 1.29 is 9.53 Å². The second-order valence-corrected chi connectivity index (χ2v) is 7.31. The molecule has 1 aliphatic carbocycles. The zero-order valence-corrected chi connectivity index (χ0v) is 15.9. The number of benzene rings is 1. The van der Waals surface area contributed by atoms with Gasteiger partial charge in [-0.1, -0.05) is 30.3 Å². The molecule has 0 aliphatic heterocycles. The van der Waals surface area contributed by atoms with E-state index in [0.29, 0.717) is 31.9 Å². The zero-order chi connectivity index (χ0) is 19.1. The molecule has 5 nitrogen and oxygen atoms in total. The van der Waals surface area contributed by atoms with Crippen molar-refractivity contribution in [3.05, 3.63) is 70.1 Å². The van der Waals surface area contributed by atoms with Gasteiger partial charge in [-0.15, -0.1) is 0 Å². The van der Waals surface area contributed by atoms with Gasteiger partial charge in [0, 0.05) is 32.0 Å². The number of pyridine rings is 1. The van der Waals surface area contributed by atoms with Gasteiger partial charge in [0.15, 0.2) is 0 Å². The highest BCUT2D eigenvalue weighted by molar-refractivity contribution is 5.93. The van der Waals surface area contributed by atoms with E-state index in [1.807, 2.05) is 13.0 Å². The minimum Gasteiger partial charge on any atom is -0.380 e. The van der Waals surface area contributed by atoms with Crippen molar-refractivity contribution in [1.29, 1.82) is 0 Å². The molecular weight excluding hydrogens is 340 g/mol. The lowest BCUT2D eigenvalue weighted by atomic mass is 9.96. The van der Waals surface area contributed by atoms with Crippen LogP contribution in [0.2, 0.25) is 0 Å². The van der Waals surface area contributed by atoms with Crippen LogP contribution in [0.25, 0.3) is 0 Å². The van der Waals surface area contributed by atoms with Gasteiger partial charge in [-0.25, -0.2) is 0 Å². The molecule has 27 heavy (non-hydrogen) atoms. The first-order chi connectivity index (χ1) is 13.1. The van der Waals surface area contributed by atoms with Crippen molar-refractivity contribution in [3.8, 4) is 0 Å². The van der Waals surface area contributed by atoms with Crippen LogP contribution in [0.15, 0.2) is 53.5 Å². The molecule has 1 fully saturated rings. The van der Waals surface area contributed by atoms with Gasteiger partial charge in [0.2, 0.25) is 0 Å². The third kappa shape index (κ3) is 5.54. The Balaban J connectivity index is 1.53. The van der Waals surface area contributed by atoms with E-state index in [2.05, 4.69) is 29.6 Å². The number of aryl methyl sites for hydroxylation is 1. The molecule has 0 saturated heterocycles. The standard InChI is InChI=1S/C22H28N2O3/c1-2-27-15-14-24-16-19(8-9-20(24)25)21(26)23-17-22(12-13-22)11-10-18-6-4-3-5-7-18/h3-9,16H,2,10-15,17H2,1H3,(H,23,26). The first-order valence-electron chi connectivity index (χ1n) is 9.72. The van der Waals surface area contributed by atoms with Crippen LogP contribution < -0.4 is 10.9 Å². The van der Waals surface area contributed by atoms with E-state index in [1.165, 1.54) is 16.2 Å². The van der Waals surface area contributed by atoms with Gasteiger partial charge in [0.25, 0.3) is 11.5 Å². The molecule has 0 spiro atoms. The van der Waals surface area contributed by atoms with Crippen LogP contribution in [0.5, 0.6) is 0 Å². The summed E-state index contributed by atoms with van der Waals surface area (Å²) in [7, 11) is 0. The number of nitrogens with one attached hydrogen (secondary N) is 1. The van der Waals surface area contributed by atoms with E-state index in [9.17, 15) is 9.59 Å². The third-order valence-electron chi connectivity index (χ3n) is 5.29. The molecule has 144 valence electrons. The fourth-order valence-corrected chi connectivity index (χ4v) is 3.26. The number of aromatic nitrogens is 1. The van der Waals surface area contributed by atoms with Gasteiger partial charge >= 0.3 is 0 Å². The third-order valence-corrected chi connectivity index (χ3v) is 5.29. The second kappa shape index (κ2) is 9.00. The Labute approximate surface area is 160 Å². The van der Waals surface area contributed by atoms with E-state index < -0.39 is 0 Å². The monoisotopic (exact) mass is 368 g/mol. The van der Waals surface area contributed by atoms with E-state index in [1.54, 1.807) is 12.3 Å². The number of nitrogens with zero attached hydrogens (tertiary/aromatic N) is 1. The number of hydrogen-bond donors (Lipinski definition) is 1. The molecular formula is C22H28N2O3. The Morgan fingerprint density at radius 3 is 2.67 bits per heavy atom. The van der Waals surface area contributed by atoms with Crippen LogP contribution in [0.4, 0.5) is 0 Å². The number of ether oxygens (including phenoxy) is 1. The summed E-state index contributed by atoms with van der Waals surface area (Å²) in [4.78, 5) is 24.4. The van der Waals surface area contributed by atoms with Crippen LogP contribution in [0.3, 0.4) is 0 Å². The molecule has 1 aromatic heterocycles. The smallest absolute Gasteiger partial charge is 0.252 e. The minimum absolute atomic E-state index is 0.118. The molecule has 5 heteroatoms. The maximum absolute atomic E-state index is 12.5. The predicted molar refractivity (Wildman–Crippen MR) is 106 cm³/mol. The summed E-state index contributed by atoms with van der Waals surface area (Å²) in [5.74, 6) is -0.119. The molecule has 0 bridgehead atoms. The second-order valence-electron chi connectivity index (χ2n) is 7.31. The van der Waals surface area contributed by atoms with Gasteiger partial charge in [0.1, 0.15) is 0 Å². The summed E-state index contributed by atoms with van der Waals surface area (Å²) in [5.41, 5.74) is 1.98. The first-order valence-corrected chi connectivity index (χ1v) is 9.72. The molecule has 0 atom stereocenters. The molecule has 1 heterocycles. The lowest BCUT2D eigenvalue weighted by Crippen LogP contribution is -2.32. The summed E-state index contributed by atoms with van der Waals surface area (Å²) in [5, 5.41) is 3.07. The van der Waals surface area contributed by atoms with E-state index in [-0.39, 0.29) is 16.9 Å². The van der Waals surface area contributed by atoms with Crippen molar-refractivity contribution >= 4 is 5.91 Å². The van der Waals surface area contributed by atoms with Crippen LogP contribution >= 0.6 is 0 Å². The van der Waals surface area contributed by atoms with Gasteiger partial charge in [-0.05, 0) is 49.7 Å². The van der Waals surface area contributed by atoms with Crippen molar-refractivity contribution in [1.82, 2.24) is 9.88 Å². The number of rotatable bonds is 10. The maximum Gasteiger partial charge on any atom is 0.252 e. The van der Waals surface area contributed by atoms with E-state index in [4.69, 9.17) is 4.74 Å². The average Bonchev–Trinajstić information content (AvgIpc) is 3.47. The SMILES string of the molecule is CCOCCn1cc(C(=O)NCC2(CCc3ccccc3)CC2)ccc1=O. The highest BCUT2D eigenvalue weighted by atomic mass is 16.5. The van der Waals surface area contributed by atoms with E-state index in [0.717, 1.165) is 25.7 Å². The van der Waals surface area contributed by atoms with Crippen LogP contribution in [-0.4, -0.2) is 30.2 Å². The number of carbonyl (C=O) groups excluding carboxylic acids is 1. The number of carbonyl (C=O) groups is 1. The van der Waals surface area contributed by atoms with Crippen molar-refractivity contribution in [3.63, 3.8) is 0 Å². The van der Waals surface area contributed by atoms with Crippen LogP contribution in [0.1, 0.15) is 42.1 Å². The number of amides is 1. The summed E-state index contributed by atoms with van der Waals surface area (Å²) in [6, 6.07) is 13.5. The molecule has 0 unspecified atom stereocenters. The molecule has 1 saturated carbocycles. The fraction of sp³-hybridized carbons (Fsp3) is 0.455. The first kappa shape index (κ1) is 19.4. The van der Waals surface area contributed by atoms with Gasteiger partial charge in [0.05, 0.1) is 12.2 Å². The summed E-state index contributed by atoms with van der Waals surface area (Å²) >= 11 is 0. The Morgan fingerprint density at radius 1 is 1.19 bits per heavy atom. The summed E-state index contributed by atoms with van der Waals surface area (Å²) in [6.07, 6.45) is 6.08. The lowest BCUT2D eigenvalue weighted by molar-refractivity contribution is 0.0942. The molecule has 1 amide bonds. The minimum atomic E-state index is -0.119. The fourth-order valence-electron chi connectivity index (χ4n) is 3.26. The summed E-state index contributed by atoms with van der Waals surface area (Å²) in [6.45, 7) is 4.13. The molecule has 1 aromatic carbocycles. The zero-order valence-electron chi connectivity index (χ0n) is 15.9. The molecule has 1 N–H and O–H groups in total. The van der Waals surface area contributed by atoms with Gasteiger partial charge in [-0.2, -0.15) is 0 Å². The highest BCUT2D eigenvalue weighted by Gasteiger charge is 2.42. The normalized spacial score (nSPS) is 14.7. The van der Waals surface area contributed by atoms with Crippen LogP contribution in [-0.2, 0) is 17.7 Å². The predicted octanol–water partition coefficient (Wildman–Crippen LogP) is 3.03. The molecule has 2 aromatic rings. The van der Waals surface area contributed by atoms with Gasteiger partial charge in [-0.3, -0.25) is 9.59 Å². The quantitative estimate of drug-likeness (QED) is 0.656. The molecule has 0 radical (unpaired) electrons. The van der Waals surface area contributed by atoms with E-state index >= 15 is 0 Å². The highest BCUT2D eigenvalue weighted by Crippen LogP contribution is 2.48. The maximum atomic E-state index is 12.5. The van der Waals surface area contributed by atoms with Gasteiger partial charge < -0.3 is 14.6 Å². The number of hydrogen-bond acceptors (Lipinski definition) is 3. The van der Waals surface area contributed by atoms with Crippen LogP contribution in [0, 0.1) is 5.41 Å². The Kier molecular flexibility index (Phi) is 6.45.